The highest BCUT2D eigenvalue weighted by Crippen LogP contribution is 2.24. The fraction of sp³-hybridized carbons (Fsp3) is 0.333. The first-order valence-electron chi connectivity index (χ1n) is 7.53. The fourth-order valence-corrected chi connectivity index (χ4v) is 2.66. The molecule has 0 amide bonds. The van der Waals surface area contributed by atoms with Crippen LogP contribution < -0.4 is 10.6 Å². The van der Waals surface area contributed by atoms with Crippen molar-refractivity contribution in [2.45, 2.75) is 33.7 Å². The van der Waals surface area contributed by atoms with Crippen LogP contribution in [0.5, 0.6) is 0 Å². The molecule has 2 aromatic rings. The van der Waals surface area contributed by atoms with Gasteiger partial charge in [0, 0.05) is 6.20 Å². The SMILES string of the molecule is Cc1ccccc1C(NC(=S)Nc1ncccc1C)C(C)C. The molecule has 2 rings (SSSR count). The van der Waals surface area contributed by atoms with Crippen LogP contribution in [-0.2, 0) is 0 Å². The van der Waals surface area contributed by atoms with Crippen LogP contribution >= 0.6 is 12.2 Å². The highest BCUT2D eigenvalue weighted by atomic mass is 32.1. The van der Waals surface area contributed by atoms with Gasteiger partial charge >= 0.3 is 0 Å². The van der Waals surface area contributed by atoms with E-state index in [4.69, 9.17) is 12.2 Å². The van der Waals surface area contributed by atoms with Gasteiger partial charge in [0.25, 0.3) is 0 Å². The molecule has 0 saturated carbocycles. The second-order valence-corrected chi connectivity index (χ2v) is 6.25. The van der Waals surface area contributed by atoms with Gasteiger partial charge in [-0.2, -0.15) is 0 Å². The number of thiocarbonyl (C=S) groups is 1. The maximum atomic E-state index is 5.47. The summed E-state index contributed by atoms with van der Waals surface area (Å²) in [6.07, 6.45) is 1.76. The first-order chi connectivity index (χ1) is 10.5. The summed E-state index contributed by atoms with van der Waals surface area (Å²) in [6.45, 7) is 8.53. The zero-order chi connectivity index (χ0) is 16.1. The summed E-state index contributed by atoms with van der Waals surface area (Å²) in [7, 11) is 0. The van der Waals surface area contributed by atoms with Crippen molar-refractivity contribution in [2.75, 3.05) is 5.32 Å². The number of hydrogen-bond acceptors (Lipinski definition) is 2. The number of hydrogen-bond donors (Lipinski definition) is 2. The smallest absolute Gasteiger partial charge is 0.172 e. The lowest BCUT2D eigenvalue weighted by atomic mass is 9.93. The van der Waals surface area contributed by atoms with Gasteiger partial charge in [0.15, 0.2) is 5.11 Å². The molecule has 2 N–H and O–H groups in total. The Bertz CT molecular complexity index is 652. The van der Waals surface area contributed by atoms with Gasteiger partial charge in [-0.1, -0.05) is 44.2 Å². The lowest BCUT2D eigenvalue weighted by Gasteiger charge is -2.26. The molecule has 22 heavy (non-hydrogen) atoms. The molecule has 3 nitrogen and oxygen atoms in total. The minimum Gasteiger partial charge on any atom is -0.355 e. The monoisotopic (exact) mass is 313 g/mol. The largest absolute Gasteiger partial charge is 0.355 e. The Kier molecular flexibility index (Phi) is 5.50. The molecular weight excluding hydrogens is 290 g/mol. The van der Waals surface area contributed by atoms with E-state index in [-0.39, 0.29) is 6.04 Å². The van der Waals surface area contributed by atoms with Crippen LogP contribution in [0.4, 0.5) is 5.82 Å². The maximum absolute atomic E-state index is 5.47. The van der Waals surface area contributed by atoms with E-state index in [0.29, 0.717) is 11.0 Å². The predicted molar refractivity (Wildman–Crippen MR) is 97.1 cm³/mol. The molecule has 0 saturated heterocycles. The minimum absolute atomic E-state index is 0.171. The maximum Gasteiger partial charge on any atom is 0.172 e. The second-order valence-electron chi connectivity index (χ2n) is 5.85. The topological polar surface area (TPSA) is 37.0 Å². The molecule has 1 aromatic heterocycles. The van der Waals surface area contributed by atoms with Crippen molar-refractivity contribution in [2.24, 2.45) is 5.92 Å². The van der Waals surface area contributed by atoms with E-state index in [1.54, 1.807) is 6.20 Å². The number of benzene rings is 1. The van der Waals surface area contributed by atoms with Crippen molar-refractivity contribution >= 4 is 23.1 Å². The summed E-state index contributed by atoms with van der Waals surface area (Å²) in [6, 6.07) is 12.5. The third-order valence-electron chi connectivity index (χ3n) is 3.72. The lowest BCUT2D eigenvalue weighted by Crippen LogP contribution is -2.35. The first kappa shape index (κ1) is 16.4. The van der Waals surface area contributed by atoms with Crippen LogP contribution in [0.3, 0.4) is 0 Å². The van der Waals surface area contributed by atoms with E-state index in [2.05, 4.69) is 60.7 Å². The Labute approximate surface area is 138 Å². The van der Waals surface area contributed by atoms with Crippen molar-refractivity contribution in [3.63, 3.8) is 0 Å². The van der Waals surface area contributed by atoms with E-state index < -0.39 is 0 Å². The lowest BCUT2D eigenvalue weighted by molar-refractivity contribution is 0.471. The van der Waals surface area contributed by atoms with E-state index in [9.17, 15) is 0 Å². The number of rotatable bonds is 4. The minimum atomic E-state index is 0.171. The van der Waals surface area contributed by atoms with Crippen LogP contribution in [-0.4, -0.2) is 10.1 Å². The van der Waals surface area contributed by atoms with Crippen molar-refractivity contribution in [3.8, 4) is 0 Å². The predicted octanol–water partition coefficient (Wildman–Crippen LogP) is 4.38. The summed E-state index contributed by atoms with van der Waals surface area (Å²) >= 11 is 5.47. The number of nitrogens with zero attached hydrogens (tertiary/aromatic N) is 1. The Balaban J connectivity index is 2.14. The molecule has 1 aromatic carbocycles. The van der Waals surface area contributed by atoms with Crippen molar-refractivity contribution in [1.82, 2.24) is 10.3 Å². The number of nitrogens with one attached hydrogen (secondary N) is 2. The number of pyridine rings is 1. The van der Waals surface area contributed by atoms with Crippen LogP contribution in [0, 0.1) is 19.8 Å². The summed E-state index contributed by atoms with van der Waals surface area (Å²) in [5, 5.41) is 7.22. The number of aromatic nitrogens is 1. The van der Waals surface area contributed by atoms with Crippen molar-refractivity contribution < 1.29 is 0 Å². The average molecular weight is 313 g/mol. The molecule has 0 aliphatic rings. The second kappa shape index (κ2) is 7.36. The Hall–Kier alpha value is -1.94. The summed E-state index contributed by atoms with van der Waals surface area (Å²) in [5.41, 5.74) is 3.62. The molecule has 1 atom stereocenters. The molecule has 1 heterocycles. The standard InChI is InChI=1S/C18H23N3S/c1-12(2)16(15-10-6-5-8-13(15)3)20-18(22)21-17-14(4)9-7-11-19-17/h5-12,16H,1-4H3,(H2,19,20,21,22). The molecule has 0 fully saturated rings. The van der Waals surface area contributed by atoms with Crippen LogP contribution in [0.15, 0.2) is 42.6 Å². The van der Waals surface area contributed by atoms with Gasteiger partial charge in [-0.05, 0) is 54.7 Å². The molecule has 116 valence electrons. The Morgan fingerprint density at radius 3 is 2.36 bits per heavy atom. The average Bonchev–Trinajstić information content (AvgIpc) is 2.48. The quantitative estimate of drug-likeness (QED) is 0.821. The molecule has 0 aliphatic carbocycles. The number of aryl methyl sites for hydroxylation is 2. The van der Waals surface area contributed by atoms with E-state index >= 15 is 0 Å². The first-order valence-corrected chi connectivity index (χ1v) is 7.94. The highest BCUT2D eigenvalue weighted by Gasteiger charge is 2.18. The third kappa shape index (κ3) is 4.04. The van der Waals surface area contributed by atoms with Crippen LogP contribution in [0.1, 0.15) is 36.6 Å². The third-order valence-corrected chi connectivity index (χ3v) is 3.94. The number of anilines is 1. The zero-order valence-electron chi connectivity index (χ0n) is 13.6. The summed E-state index contributed by atoms with van der Waals surface area (Å²) < 4.78 is 0. The van der Waals surface area contributed by atoms with Crippen molar-refractivity contribution in [3.05, 3.63) is 59.3 Å². The molecular formula is C18H23N3S. The molecule has 0 bridgehead atoms. The van der Waals surface area contributed by atoms with E-state index in [1.807, 2.05) is 19.1 Å². The summed E-state index contributed by atoms with van der Waals surface area (Å²) in [4.78, 5) is 4.32. The van der Waals surface area contributed by atoms with Crippen LogP contribution in [0.2, 0.25) is 0 Å². The van der Waals surface area contributed by atoms with Gasteiger partial charge in [-0.3, -0.25) is 0 Å². The summed E-state index contributed by atoms with van der Waals surface area (Å²) in [5.74, 6) is 1.22. The molecule has 4 heteroatoms. The van der Waals surface area contributed by atoms with E-state index in [0.717, 1.165) is 11.4 Å². The highest BCUT2D eigenvalue weighted by molar-refractivity contribution is 7.80. The van der Waals surface area contributed by atoms with E-state index in [1.165, 1.54) is 11.1 Å². The van der Waals surface area contributed by atoms with Crippen LogP contribution in [0.25, 0.3) is 0 Å². The molecule has 1 unspecified atom stereocenters. The van der Waals surface area contributed by atoms with Gasteiger partial charge < -0.3 is 10.6 Å². The fourth-order valence-electron chi connectivity index (χ4n) is 2.44. The zero-order valence-corrected chi connectivity index (χ0v) is 14.4. The van der Waals surface area contributed by atoms with Gasteiger partial charge in [-0.25, -0.2) is 4.98 Å². The normalized spacial score (nSPS) is 12.0. The molecule has 0 spiro atoms. The molecule has 0 radical (unpaired) electrons. The Morgan fingerprint density at radius 2 is 1.73 bits per heavy atom. The van der Waals surface area contributed by atoms with Crippen molar-refractivity contribution in [1.29, 1.82) is 0 Å². The Morgan fingerprint density at radius 1 is 1.05 bits per heavy atom. The van der Waals surface area contributed by atoms with Gasteiger partial charge in [0.1, 0.15) is 5.82 Å². The van der Waals surface area contributed by atoms with Gasteiger partial charge in [-0.15, -0.1) is 0 Å². The molecule has 0 aliphatic heterocycles. The van der Waals surface area contributed by atoms with Gasteiger partial charge in [0.05, 0.1) is 6.04 Å². The van der Waals surface area contributed by atoms with Gasteiger partial charge in [0.2, 0.25) is 0 Å².